The molecule has 0 radical (unpaired) electrons. The van der Waals surface area contributed by atoms with Gasteiger partial charge in [0.25, 0.3) is 11.5 Å². The van der Waals surface area contributed by atoms with Crippen LogP contribution in [0.5, 0.6) is 11.5 Å². The number of nitrogens with zero attached hydrogens (tertiary/aromatic N) is 4. The lowest BCUT2D eigenvalue weighted by molar-refractivity contribution is 0.0560. The number of pyridine rings is 2. The van der Waals surface area contributed by atoms with Crippen molar-refractivity contribution in [2.24, 2.45) is 7.05 Å². The third kappa shape index (κ3) is 8.84. The van der Waals surface area contributed by atoms with Crippen molar-refractivity contribution in [3.63, 3.8) is 0 Å². The Bertz CT molecular complexity index is 1610. The zero-order valence-corrected chi connectivity index (χ0v) is 27.0. The molecular weight excluding hydrogens is 580 g/mol. The molecule has 244 valence electrons. The van der Waals surface area contributed by atoms with Gasteiger partial charge in [-0.25, -0.2) is 9.67 Å². The summed E-state index contributed by atoms with van der Waals surface area (Å²) in [5, 5.41) is 15.7. The molecule has 1 fully saturated rings. The minimum Gasteiger partial charge on any atom is -0.456 e. The lowest BCUT2D eigenvalue weighted by atomic mass is 9.89. The highest BCUT2D eigenvalue weighted by atomic mass is 16.5. The molecule has 1 amide bonds. The molecular formula is C36H46N6O4. The zero-order chi connectivity index (χ0) is 32.3. The number of benzene rings is 1. The smallest absolute Gasteiger partial charge is 0.274 e. The van der Waals surface area contributed by atoms with E-state index in [1.54, 1.807) is 29.2 Å². The first-order valence-electron chi connectivity index (χ1n) is 16.5. The van der Waals surface area contributed by atoms with Gasteiger partial charge >= 0.3 is 0 Å². The van der Waals surface area contributed by atoms with E-state index in [1.165, 1.54) is 32.1 Å². The highest BCUT2D eigenvalue weighted by molar-refractivity contribution is 5.92. The van der Waals surface area contributed by atoms with Gasteiger partial charge in [0.2, 0.25) is 0 Å². The summed E-state index contributed by atoms with van der Waals surface area (Å²) in [6.07, 6.45) is 14.2. The van der Waals surface area contributed by atoms with Crippen LogP contribution in [-0.2, 0) is 13.5 Å². The van der Waals surface area contributed by atoms with E-state index in [0.29, 0.717) is 24.3 Å². The summed E-state index contributed by atoms with van der Waals surface area (Å²) in [6, 6.07) is 16.9. The lowest BCUT2D eigenvalue weighted by Crippen LogP contribution is -2.46. The van der Waals surface area contributed by atoms with Gasteiger partial charge in [0, 0.05) is 43.2 Å². The minimum absolute atomic E-state index is 0.00594. The molecule has 3 N–H and O–H groups in total. The third-order valence-corrected chi connectivity index (χ3v) is 8.72. The number of unbranched alkanes of at least 4 members (excludes halogenated alkanes) is 7. The van der Waals surface area contributed by atoms with Crippen LogP contribution in [0.15, 0.2) is 71.8 Å². The third-order valence-electron chi connectivity index (χ3n) is 8.72. The van der Waals surface area contributed by atoms with Crippen molar-refractivity contribution in [1.82, 2.24) is 24.6 Å². The highest BCUT2D eigenvalue weighted by Crippen LogP contribution is 2.23. The SMILES string of the molecule is Cc1c(CCCCCCCCCCNc2ccc(Oc3ccnc(C(=O)NC4CC(O)C4)c3)cn2)c(=O)n(-c2ccccc2)n1C. The molecule has 0 atom stereocenters. The molecule has 1 aliphatic carbocycles. The van der Waals surface area contributed by atoms with Gasteiger partial charge in [-0.1, -0.05) is 56.7 Å². The van der Waals surface area contributed by atoms with Gasteiger partial charge < -0.3 is 20.5 Å². The number of amides is 1. The fourth-order valence-corrected chi connectivity index (χ4v) is 5.86. The summed E-state index contributed by atoms with van der Waals surface area (Å²) >= 11 is 0. The van der Waals surface area contributed by atoms with Crippen LogP contribution < -0.4 is 20.9 Å². The van der Waals surface area contributed by atoms with E-state index in [2.05, 4.69) is 20.6 Å². The Kier molecular flexibility index (Phi) is 11.6. The van der Waals surface area contributed by atoms with Gasteiger partial charge in [-0.3, -0.25) is 19.3 Å². The normalized spacial score (nSPS) is 15.7. The number of ether oxygens (including phenoxy) is 1. The summed E-state index contributed by atoms with van der Waals surface area (Å²) in [6.45, 7) is 2.91. The summed E-state index contributed by atoms with van der Waals surface area (Å²) in [5.74, 6) is 1.62. The Hall–Kier alpha value is -4.44. The van der Waals surface area contributed by atoms with E-state index in [-0.39, 0.29) is 29.3 Å². The molecule has 46 heavy (non-hydrogen) atoms. The van der Waals surface area contributed by atoms with Crippen LogP contribution >= 0.6 is 0 Å². The number of aliphatic hydroxyl groups excluding tert-OH is 1. The molecule has 0 aliphatic heterocycles. The van der Waals surface area contributed by atoms with Crippen molar-refractivity contribution in [1.29, 1.82) is 0 Å². The van der Waals surface area contributed by atoms with E-state index in [1.807, 2.05) is 61.1 Å². The first kappa shape index (κ1) is 32.9. The molecule has 0 bridgehead atoms. The maximum Gasteiger partial charge on any atom is 0.274 e. The van der Waals surface area contributed by atoms with Crippen LogP contribution in [0.2, 0.25) is 0 Å². The topological polar surface area (TPSA) is 123 Å². The fraction of sp³-hybridized carbons (Fsp3) is 0.444. The van der Waals surface area contributed by atoms with Crippen molar-refractivity contribution in [2.75, 3.05) is 11.9 Å². The van der Waals surface area contributed by atoms with Crippen LogP contribution in [0.1, 0.15) is 86.0 Å². The average Bonchev–Trinajstić information content (AvgIpc) is 3.26. The van der Waals surface area contributed by atoms with E-state index in [0.717, 1.165) is 55.0 Å². The summed E-state index contributed by atoms with van der Waals surface area (Å²) < 4.78 is 9.62. The quantitative estimate of drug-likeness (QED) is 0.121. The molecule has 0 saturated heterocycles. The second-order valence-electron chi connectivity index (χ2n) is 12.2. The average molecular weight is 627 g/mol. The molecule has 4 aromatic rings. The Labute approximate surface area is 270 Å². The number of nitrogens with one attached hydrogen (secondary N) is 2. The monoisotopic (exact) mass is 626 g/mol. The molecule has 0 spiro atoms. The van der Waals surface area contributed by atoms with E-state index >= 15 is 0 Å². The molecule has 10 nitrogen and oxygen atoms in total. The Morgan fingerprint density at radius 2 is 1.65 bits per heavy atom. The number of aromatic nitrogens is 4. The Morgan fingerprint density at radius 3 is 2.35 bits per heavy atom. The molecule has 10 heteroatoms. The number of carbonyl (C=O) groups excluding carboxylic acids is 1. The lowest BCUT2D eigenvalue weighted by Gasteiger charge is -2.31. The number of hydrogen-bond donors (Lipinski definition) is 3. The molecule has 1 aromatic carbocycles. The second-order valence-corrected chi connectivity index (χ2v) is 12.2. The number of para-hydroxylation sites is 1. The maximum absolute atomic E-state index is 13.1. The largest absolute Gasteiger partial charge is 0.456 e. The predicted octanol–water partition coefficient (Wildman–Crippen LogP) is 6.10. The predicted molar refractivity (Wildman–Crippen MR) is 180 cm³/mol. The Morgan fingerprint density at radius 1 is 0.935 bits per heavy atom. The number of carbonyl (C=O) groups is 1. The van der Waals surface area contributed by atoms with Crippen LogP contribution in [0, 0.1) is 6.92 Å². The van der Waals surface area contributed by atoms with Gasteiger partial charge in [0.15, 0.2) is 0 Å². The van der Waals surface area contributed by atoms with Gasteiger partial charge in [-0.05, 0) is 69.4 Å². The molecule has 5 rings (SSSR count). The minimum atomic E-state index is -0.328. The van der Waals surface area contributed by atoms with Gasteiger partial charge in [0.05, 0.1) is 18.0 Å². The van der Waals surface area contributed by atoms with Crippen molar-refractivity contribution in [3.8, 4) is 17.2 Å². The van der Waals surface area contributed by atoms with Crippen molar-refractivity contribution in [3.05, 3.63) is 94.3 Å². The van der Waals surface area contributed by atoms with Crippen LogP contribution in [0.3, 0.4) is 0 Å². The van der Waals surface area contributed by atoms with Gasteiger partial charge in [0.1, 0.15) is 23.0 Å². The maximum atomic E-state index is 13.1. The zero-order valence-electron chi connectivity index (χ0n) is 27.0. The van der Waals surface area contributed by atoms with Crippen molar-refractivity contribution >= 4 is 11.7 Å². The van der Waals surface area contributed by atoms with Crippen LogP contribution in [0.4, 0.5) is 5.82 Å². The second kappa shape index (κ2) is 16.2. The molecule has 3 aromatic heterocycles. The van der Waals surface area contributed by atoms with Crippen molar-refractivity contribution < 1.29 is 14.6 Å². The van der Waals surface area contributed by atoms with Crippen LogP contribution in [-0.4, -0.2) is 49.0 Å². The van der Waals surface area contributed by atoms with E-state index in [4.69, 9.17) is 4.74 Å². The number of aliphatic hydroxyl groups is 1. The van der Waals surface area contributed by atoms with Crippen molar-refractivity contribution in [2.45, 2.75) is 89.7 Å². The number of rotatable bonds is 17. The van der Waals surface area contributed by atoms with E-state index in [9.17, 15) is 14.7 Å². The first-order chi connectivity index (χ1) is 22.4. The molecule has 0 unspecified atom stereocenters. The van der Waals surface area contributed by atoms with Crippen LogP contribution in [0.25, 0.3) is 5.69 Å². The molecule has 1 aliphatic rings. The molecule has 1 saturated carbocycles. The van der Waals surface area contributed by atoms with Gasteiger partial charge in [-0.15, -0.1) is 0 Å². The Balaban J connectivity index is 0.918. The number of anilines is 1. The number of hydrogen-bond acceptors (Lipinski definition) is 7. The summed E-state index contributed by atoms with van der Waals surface area (Å²) in [7, 11) is 1.96. The summed E-state index contributed by atoms with van der Waals surface area (Å²) in [4.78, 5) is 34.1. The first-order valence-corrected chi connectivity index (χ1v) is 16.5. The highest BCUT2D eigenvalue weighted by Gasteiger charge is 2.29. The van der Waals surface area contributed by atoms with E-state index < -0.39 is 0 Å². The standard InChI is InChI=1S/C36H46N6O4/c1-26-32(36(45)42(41(26)2)28-14-10-9-11-15-28)16-12-7-5-3-4-6-8-13-20-38-34-18-17-31(25-39-34)46-30-19-21-37-33(24-30)35(44)40-27-22-29(43)23-27/h9-11,14-15,17-19,21,24-25,27,29,43H,3-8,12-13,16,20,22-23H2,1-2H3,(H,38,39)(H,40,44). The summed E-state index contributed by atoms with van der Waals surface area (Å²) in [5.41, 5.74) is 3.28. The fourth-order valence-electron chi connectivity index (χ4n) is 5.86. The molecule has 3 heterocycles. The van der Waals surface area contributed by atoms with Gasteiger partial charge in [-0.2, -0.15) is 0 Å².